The zero-order valence-corrected chi connectivity index (χ0v) is 10.9. The van der Waals surface area contributed by atoms with Gasteiger partial charge >= 0.3 is 0 Å². The van der Waals surface area contributed by atoms with Crippen LogP contribution in [0.3, 0.4) is 0 Å². The van der Waals surface area contributed by atoms with Crippen molar-refractivity contribution in [1.82, 2.24) is 0 Å². The molecule has 1 aliphatic heterocycles. The van der Waals surface area contributed by atoms with Gasteiger partial charge in [0.1, 0.15) is 5.76 Å². The van der Waals surface area contributed by atoms with E-state index in [2.05, 4.69) is 0 Å². The lowest BCUT2D eigenvalue weighted by Crippen LogP contribution is -2.49. The van der Waals surface area contributed by atoms with E-state index in [0.717, 1.165) is 31.6 Å². The molecule has 3 rings (SSSR count). The zero-order chi connectivity index (χ0) is 12.4. The molecule has 18 heavy (non-hydrogen) atoms. The first kappa shape index (κ1) is 12.2. The lowest BCUT2D eigenvalue weighted by molar-refractivity contribution is -0.146. The molecule has 2 fully saturated rings. The van der Waals surface area contributed by atoms with Crippen LogP contribution in [0.4, 0.5) is 0 Å². The summed E-state index contributed by atoms with van der Waals surface area (Å²) in [5, 5.41) is 0. The summed E-state index contributed by atoms with van der Waals surface area (Å²) in [6.45, 7) is 0.902. The van der Waals surface area contributed by atoms with Gasteiger partial charge in [-0.3, -0.25) is 0 Å². The SMILES string of the molecule is NC(CCc1ccco1)C1CCOC2(CCC2)C1. The molecule has 1 aliphatic carbocycles. The zero-order valence-electron chi connectivity index (χ0n) is 10.9. The summed E-state index contributed by atoms with van der Waals surface area (Å²) in [4.78, 5) is 0. The van der Waals surface area contributed by atoms with Crippen LogP contribution in [0.1, 0.15) is 44.3 Å². The highest BCUT2D eigenvalue weighted by Gasteiger charge is 2.43. The fourth-order valence-corrected chi connectivity index (χ4v) is 3.35. The van der Waals surface area contributed by atoms with Crippen molar-refractivity contribution in [3.05, 3.63) is 24.2 Å². The van der Waals surface area contributed by atoms with E-state index >= 15 is 0 Å². The number of hydrogen-bond acceptors (Lipinski definition) is 3. The van der Waals surface area contributed by atoms with Gasteiger partial charge in [-0.2, -0.15) is 0 Å². The fraction of sp³-hybridized carbons (Fsp3) is 0.733. The molecule has 2 N–H and O–H groups in total. The highest BCUT2D eigenvalue weighted by atomic mass is 16.5. The number of nitrogens with two attached hydrogens (primary N) is 1. The maximum atomic E-state index is 6.37. The Hall–Kier alpha value is -0.800. The summed E-state index contributed by atoms with van der Waals surface area (Å²) in [6, 6.07) is 4.26. The van der Waals surface area contributed by atoms with Crippen molar-refractivity contribution in [2.45, 2.75) is 56.6 Å². The maximum absolute atomic E-state index is 6.37. The second kappa shape index (κ2) is 5.06. The molecule has 0 amide bonds. The Morgan fingerprint density at radius 2 is 2.33 bits per heavy atom. The Kier molecular flexibility index (Phi) is 3.44. The van der Waals surface area contributed by atoms with Gasteiger partial charge in [0.2, 0.25) is 0 Å². The first-order chi connectivity index (χ1) is 8.77. The minimum absolute atomic E-state index is 0.214. The third-order valence-corrected chi connectivity index (χ3v) is 4.71. The van der Waals surface area contributed by atoms with Crippen molar-refractivity contribution in [2.75, 3.05) is 6.61 Å². The molecule has 2 heterocycles. The summed E-state index contributed by atoms with van der Waals surface area (Å²) in [5.41, 5.74) is 6.58. The Bertz CT molecular complexity index is 370. The van der Waals surface area contributed by atoms with Gasteiger partial charge in [-0.1, -0.05) is 0 Å². The van der Waals surface area contributed by atoms with Crippen LogP contribution in [0, 0.1) is 5.92 Å². The Labute approximate surface area is 109 Å². The van der Waals surface area contributed by atoms with Crippen molar-refractivity contribution >= 4 is 0 Å². The average Bonchev–Trinajstić information content (AvgIpc) is 2.87. The number of hydrogen-bond donors (Lipinski definition) is 1. The lowest BCUT2D eigenvalue weighted by Gasteiger charge is -2.48. The molecule has 1 spiro atoms. The van der Waals surface area contributed by atoms with Crippen LogP contribution in [0.2, 0.25) is 0 Å². The second-order valence-electron chi connectivity index (χ2n) is 5.92. The van der Waals surface area contributed by atoms with E-state index in [-0.39, 0.29) is 11.6 Å². The molecule has 2 aliphatic rings. The predicted molar refractivity (Wildman–Crippen MR) is 70.3 cm³/mol. The molecule has 0 aromatic carbocycles. The first-order valence-electron chi connectivity index (χ1n) is 7.19. The van der Waals surface area contributed by atoms with E-state index in [1.165, 1.54) is 25.7 Å². The van der Waals surface area contributed by atoms with Crippen molar-refractivity contribution in [3.8, 4) is 0 Å². The van der Waals surface area contributed by atoms with Crippen LogP contribution in [0.25, 0.3) is 0 Å². The van der Waals surface area contributed by atoms with E-state index in [0.29, 0.717) is 5.92 Å². The van der Waals surface area contributed by atoms with Gasteiger partial charge < -0.3 is 14.9 Å². The molecule has 1 aromatic heterocycles. The van der Waals surface area contributed by atoms with E-state index in [9.17, 15) is 0 Å². The van der Waals surface area contributed by atoms with Crippen LogP contribution >= 0.6 is 0 Å². The third kappa shape index (κ3) is 2.47. The summed E-state index contributed by atoms with van der Waals surface area (Å²) >= 11 is 0. The minimum Gasteiger partial charge on any atom is -0.469 e. The topological polar surface area (TPSA) is 48.4 Å². The van der Waals surface area contributed by atoms with Crippen molar-refractivity contribution in [3.63, 3.8) is 0 Å². The molecular formula is C15H23NO2. The molecule has 0 radical (unpaired) electrons. The van der Waals surface area contributed by atoms with Gasteiger partial charge in [-0.05, 0) is 56.6 Å². The molecule has 1 aromatic rings. The van der Waals surface area contributed by atoms with Crippen LogP contribution in [0.15, 0.2) is 22.8 Å². The monoisotopic (exact) mass is 249 g/mol. The maximum Gasteiger partial charge on any atom is 0.103 e. The first-order valence-corrected chi connectivity index (χ1v) is 7.19. The Morgan fingerprint density at radius 1 is 1.44 bits per heavy atom. The smallest absolute Gasteiger partial charge is 0.103 e. The van der Waals surface area contributed by atoms with E-state index in [1.54, 1.807) is 6.26 Å². The van der Waals surface area contributed by atoms with E-state index < -0.39 is 0 Å². The molecule has 3 nitrogen and oxygen atoms in total. The normalized spacial score (nSPS) is 27.9. The molecule has 3 heteroatoms. The quantitative estimate of drug-likeness (QED) is 0.892. The van der Waals surface area contributed by atoms with Crippen LogP contribution < -0.4 is 5.73 Å². The van der Waals surface area contributed by atoms with Gasteiger partial charge in [0.15, 0.2) is 0 Å². The highest BCUT2D eigenvalue weighted by Crippen LogP contribution is 2.45. The second-order valence-corrected chi connectivity index (χ2v) is 5.92. The van der Waals surface area contributed by atoms with Crippen molar-refractivity contribution in [2.24, 2.45) is 11.7 Å². The van der Waals surface area contributed by atoms with Crippen LogP contribution in [0.5, 0.6) is 0 Å². The molecule has 0 bridgehead atoms. The highest BCUT2D eigenvalue weighted by molar-refractivity contribution is 5.00. The summed E-state index contributed by atoms with van der Waals surface area (Å²) < 4.78 is 11.3. The summed E-state index contributed by atoms with van der Waals surface area (Å²) in [6.07, 6.45) is 9.83. The van der Waals surface area contributed by atoms with Crippen LogP contribution in [-0.2, 0) is 11.2 Å². The number of ether oxygens (including phenoxy) is 1. The van der Waals surface area contributed by atoms with Crippen molar-refractivity contribution < 1.29 is 9.15 Å². The largest absolute Gasteiger partial charge is 0.469 e. The molecule has 1 saturated heterocycles. The fourth-order valence-electron chi connectivity index (χ4n) is 3.35. The van der Waals surface area contributed by atoms with Crippen LogP contribution in [-0.4, -0.2) is 18.2 Å². The van der Waals surface area contributed by atoms with E-state index in [1.807, 2.05) is 12.1 Å². The standard InChI is InChI=1S/C15H23NO2/c16-14(5-4-13-3-1-9-17-13)12-6-10-18-15(11-12)7-2-8-15/h1,3,9,12,14H,2,4-8,10-11,16H2. The lowest BCUT2D eigenvalue weighted by atomic mass is 9.70. The third-order valence-electron chi connectivity index (χ3n) is 4.71. The molecule has 100 valence electrons. The van der Waals surface area contributed by atoms with E-state index in [4.69, 9.17) is 14.9 Å². The molecule has 1 saturated carbocycles. The summed E-state index contributed by atoms with van der Waals surface area (Å²) in [7, 11) is 0. The molecule has 2 atom stereocenters. The average molecular weight is 249 g/mol. The number of furan rings is 1. The Morgan fingerprint density at radius 3 is 3.00 bits per heavy atom. The van der Waals surface area contributed by atoms with Gasteiger partial charge in [-0.25, -0.2) is 0 Å². The minimum atomic E-state index is 0.214. The van der Waals surface area contributed by atoms with Gasteiger partial charge in [0.05, 0.1) is 11.9 Å². The summed E-state index contributed by atoms with van der Waals surface area (Å²) in [5.74, 6) is 1.69. The van der Waals surface area contributed by atoms with Gasteiger partial charge in [-0.15, -0.1) is 0 Å². The Balaban J connectivity index is 1.50. The number of aryl methyl sites for hydroxylation is 1. The van der Waals surface area contributed by atoms with Gasteiger partial charge in [0.25, 0.3) is 0 Å². The predicted octanol–water partition coefficient (Wildman–Crippen LogP) is 2.89. The molecular weight excluding hydrogens is 226 g/mol. The van der Waals surface area contributed by atoms with Gasteiger partial charge in [0, 0.05) is 19.1 Å². The molecule has 2 unspecified atom stereocenters. The number of rotatable bonds is 4. The van der Waals surface area contributed by atoms with Crippen molar-refractivity contribution in [1.29, 1.82) is 0 Å².